The van der Waals surface area contributed by atoms with Gasteiger partial charge in [0, 0.05) is 23.1 Å². The van der Waals surface area contributed by atoms with Crippen molar-refractivity contribution in [2.75, 3.05) is 5.75 Å². The van der Waals surface area contributed by atoms with E-state index in [4.69, 9.17) is 5.26 Å². The number of aromatic nitrogens is 2. The summed E-state index contributed by atoms with van der Waals surface area (Å²) in [5, 5.41) is 13.1. The van der Waals surface area contributed by atoms with Gasteiger partial charge in [0.05, 0.1) is 11.5 Å². The molecule has 3 nitrogen and oxygen atoms in total. The first kappa shape index (κ1) is 16.9. The Labute approximate surface area is 150 Å². The molecule has 0 bridgehead atoms. The van der Waals surface area contributed by atoms with Gasteiger partial charge >= 0.3 is 0 Å². The predicted octanol–water partition coefficient (Wildman–Crippen LogP) is 5.63. The smallest absolute Gasteiger partial charge is 0.128 e. The molecule has 0 amide bonds. The maximum Gasteiger partial charge on any atom is 0.128 e. The van der Waals surface area contributed by atoms with E-state index in [1.807, 2.05) is 6.92 Å². The highest BCUT2D eigenvalue weighted by Crippen LogP contribution is 2.38. The Morgan fingerprint density at radius 2 is 2.00 bits per heavy atom. The number of benzene rings is 1. The molecule has 0 saturated carbocycles. The van der Waals surface area contributed by atoms with Crippen LogP contribution in [0.1, 0.15) is 31.2 Å². The van der Waals surface area contributed by atoms with E-state index in [2.05, 4.69) is 52.6 Å². The van der Waals surface area contributed by atoms with Crippen molar-refractivity contribution in [1.82, 2.24) is 9.97 Å². The van der Waals surface area contributed by atoms with E-state index < -0.39 is 0 Å². The van der Waals surface area contributed by atoms with Crippen LogP contribution in [-0.4, -0.2) is 15.7 Å². The molecule has 0 saturated heterocycles. The van der Waals surface area contributed by atoms with E-state index >= 15 is 0 Å². The van der Waals surface area contributed by atoms with Gasteiger partial charge in [-0.3, -0.25) is 0 Å². The van der Waals surface area contributed by atoms with Crippen molar-refractivity contribution >= 4 is 33.3 Å². The van der Waals surface area contributed by atoms with Crippen LogP contribution in [0.15, 0.2) is 34.7 Å². The minimum Gasteiger partial charge on any atom is -0.226 e. The molecule has 2 heterocycles. The Balaban J connectivity index is 2.00. The van der Waals surface area contributed by atoms with E-state index in [1.54, 1.807) is 23.1 Å². The maximum atomic E-state index is 8.70. The second kappa shape index (κ2) is 7.78. The SMILES string of the molecule is CCc1ccc(-c2csc3nc(C)nc(SCCCC#N)c23)cc1. The lowest BCUT2D eigenvalue weighted by Crippen LogP contribution is -1.92. The fourth-order valence-corrected chi connectivity index (χ4v) is 4.66. The van der Waals surface area contributed by atoms with Crippen LogP contribution in [0.25, 0.3) is 21.3 Å². The van der Waals surface area contributed by atoms with Gasteiger partial charge in [-0.1, -0.05) is 31.2 Å². The Bertz CT molecular complexity index is 876. The summed E-state index contributed by atoms with van der Waals surface area (Å²) in [7, 11) is 0. The zero-order chi connectivity index (χ0) is 16.9. The van der Waals surface area contributed by atoms with Crippen molar-refractivity contribution < 1.29 is 0 Å². The maximum absolute atomic E-state index is 8.70. The van der Waals surface area contributed by atoms with Gasteiger partial charge in [0.25, 0.3) is 0 Å². The molecule has 0 aliphatic carbocycles. The normalized spacial score (nSPS) is 10.9. The Hall–Kier alpha value is -1.90. The van der Waals surface area contributed by atoms with Crippen molar-refractivity contribution in [2.24, 2.45) is 0 Å². The Kier molecular flexibility index (Phi) is 5.49. The number of unbranched alkanes of at least 4 members (excludes halogenated alkanes) is 1. The zero-order valence-electron chi connectivity index (χ0n) is 13.9. The standard InChI is InChI=1S/C19H19N3S2/c1-3-14-6-8-15(9-7-14)16-12-24-19-17(16)18(21-13(2)22-19)23-11-5-4-10-20/h6-9,12H,3-5,11H2,1-2H3. The minimum atomic E-state index is 0.592. The summed E-state index contributed by atoms with van der Waals surface area (Å²) in [6.45, 7) is 4.11. The monoisotopic (exact) mass is 353 g/mol. The summed E-state index contributed by atoms with van der Waals surface area (Å²) < 4.78 is 0. The lowest BCUT2D eigenvalue weighted by Gasteiger charge is -2.07. The number of nitrogens with zero attached hydrogens (tertiary/aromatic N) is 3. The molecule has 0 spiro atoms. The molecule has 0 aliphatic rings. The topological polar surface area (TPSA) is 49.6 Å². The van der Waals surface area contributed by atoms with E-state index in [1.165, 1.54) is 16.7 Å². The highest BCUT2D eigenvalue weighted by atomic mass is 32.2. The third kappa shape index (κ3) is 3.61. The highest BCUT2D eigenvalue weighted by molar-refractivity contribution is 7.99. The molecule has 1 aromatic carbocycles. The summed E-state index contributed by atoms with van der Waals surface area (Å²) in [5.41, 5.74) is 3.77. The average Bonchev–Trinajstić information content (AvgIpc) is 3.02. The molecule has 0 N–H and O–H groups in total. The molecular formula is C19H19N3S2. The summed E-state index contributed by atoms with van der Waals surface area (Å²) in [6.07, 6.45) is 2.53. The fourth-order valence-electron chi connectivity index (χ4n) is 2.57. The van der Waals surface area contributed by atoms with Crippen molar-refractivity contribution in [1.29, 1.82) is 5.26 Å². The Morgan fingerprint density at radius 3 is 2.71 bits per heavy atom. The van der Waals surface area contributed by atoms with Gasteiger partial charge in [0.1, 0.15) is 15.7 Å². The fraction of sp³-hybridized carbons (Fsp3) is 0.316. The lowest BCUT2D eigenvalue weighted by molar-refractivity contribution is 0.971. The first-order valence-corrected chi connectivity index (χ1v) is 9.94. The van der Waals surface area contributed by atoms with E-state index in [-0.39, 0.29) is 0 Å². The van der Waals surface area contributed by atoms with Gasteiger partial charge in [0.15, 0.2) is 0 Å². The van der Waals surface area contributed by atoms with Crippen LogP contribution in [-0.2, 0) is 6.42 Å². The summed E-state index contributed by atoms with van der Waals surface area (Å²) in [5.74, 6) is 1.71. The van der Waals surface area contributed by atoms with Crippen molar-refractivity contribution in [3.8, 4) is 17.2 Å². The Morgan fingerprint density at radius 1 is 1.21 bits per heavy atom. The molecule has 5 heteroatoms. The molecule has 0 fully saturated rings. The molecular weight excluding hydrogens is 334 g/mol. The number of fused-ring (bicyclic) bond motifs is 1. The van der Waals surface area contributed by atoms with E-state index in [0.717, 1.165) is 39.7 Å². The first-order valence-electron chi connectivity index (χ1n) is 8.07. The van der Waals surface area contributed by atoms with Gasteiger partial charge in [-0.2, -0.15) is 5.26 Å². The van der Waals surface area contributed by atoms with Crippen LogP contribution in [0, 0.1) is 18.3 Å². The number of hydrogen-bond acceptors (Lipinski definition) is 5. The van der Waals surface area contributed by atoms with Crippen LogP contribution in [0.3, 0.4) is 0 Å². The van der Waals surface area contributed by atoms with Gasteiger partial charge in [-0.05, 0) is 30.9 Å². The van der Waals surface area contributed by atoms with Crippen molar-refractivity contribution in [3.63, 3.8) is 0 Å². The zero-order valence-corrected chi connectivity index (χ0v) is 15.5. The summed E-state index contributed by atoms with van der Waals surface area (Å²) >= 11 is 3.40. The molecule has 3 aromatic rings. The van der Waals surface area contributed by atoms with Gasteiger partial charge in [0.2, 0.25) is 0 Å². The van der Waals surface area contributed by atoms with Crippen LogP contribution in [0.4, 0.5) is 0 Å². The number of aryl methyl sites for hydroxylation is 2. The summed E-state index contributed by atoms with van der Waals surface area (Å²) in [6, 6.07) is 10.9. The van der Waals surface area contributed by atoms with Crippen molar-refractivity contribution in [3.05, 3.63) is 41.0 Å². The van der Waals surface area contributed by atoms with Gasteiger partial charge in [-0.15, -0.1) is 23.1 Å². The molecule has 0 radical (unpaired) electrons. The van der Waals surface area contributed by atoms with Crippen LogP contribution in [0.5, 0.6) is 0 Å². The number of hydrogen-bond donors (Lipinski definition) is 0. The predicted molar refractivity (Wildman–Crippen MR) is 103 cm³/mol. The van der Waals surface area contributed by atoms with Crippen LogP contribution >= 0.6 is 23.1 Å². The van der Waals surface area contributed by atoms with Gasteiger partial charge in [-0.25, -0.2) is 9.97 Å². The lowest BCUT2D eigenvalue weighted by atomic mass is 10.0. The molecule has 0 atom stereocenters. The minimum absolute atomic E-state index is 0.592. The van der Waals surface area contributed by atoms with Crippen LogP contribution < -0.4 is 0 Å². The third-order valence-corrected chi connectivity index (χ3v) is 5.79. The van der Waals surface area contributed by atoms with Crippen molar-refractivity contribution in [2.45, 2.75) is 38.1 Å². The third-order valence-electron chi connectivity index (χ3n) is 3.86. The largest absolute Gasteiger partial charge is 0.226 e. The average molecular weight is 354 g/mol. The van der Waals surface area contributed by atoms with E-state index in [0.29, 0.717) is 6.42 Å². The van der Waals surface area contributed by atoms with E-state index in [9.17, 15) is 0 Å². The molecule has 2 aromatic heterocycles. The molecule has 122 valence electrons. The van der Waals surface area contributed by atoms with Crippen LogP contribution in [0.2, 0.25) is 0 Å². The number of thiophene rings is 1. The number of rotatable bonds is 6. The second-order valence-electron chi connectivity index (χ2n) is 5.57. The number of nitriles is 1. The number of thioether (sulfide) groups is 1. The first-order chi connectivity index (χ1) is 11.7. The quantitative estimate of drug-likeness (QED) is 0.327. The van der Waals surface area contributed by atoms with Gasteiger partial charge < -0.3 is 0 Å². The second-order valence-corrected chi connectivity index (χ2v) is 7.51. The highest BCUT2D eigenvalue weighted by Gasteiger charge is 2.14. The molecule has 3 rings (SSSR count). The molecule has 0 unspecified atom stereocenters. The molecule has 0 aliphatic heterocycles. The molecule has 24 heavy (non-hydrogen) atoms. The summed E-state index contributed by atoms with van der Waals surface area (Å²) in [4.78, 5) is 10.3.